The second kappa shape index (κ2) is 9.91. The third-order valence-corrected chi connectivity index (χ3v) is 5.20. The van der Waals surface area contributed by atoms with Crippen molar-refractivity contribution in [2.75, 3.05) is 7.11 Å². The normalized spacial score (nSPS) is 10.6. The molecule has 7 nitrogen and oxygen atoms in total. The summed E-state index contributed by atoms with van der Waals surface area (Å²) in [5.74, 6) is -0.990. The Kier molecular flexibility index (Phi) is 6.77. The minimum absolute atomic E-state index is 0.0329. The zero-order valence-corrected chi connectivity index (χ0v) is 19.0. The third kappa shape index (κ3) is 5.01. The first-order chi connectivity index (χ1) is 16.4. The standard InChI is InChI=1S/C24H14Cl2FN3O4/c1-32-24(31)16-4-2-3-15(9-16)23-30-29-20(34-23)10-14-5-6-19(26)22(21(14)27)33-18-8-13(12-28)7-17(25)11-18/h2-9,11H,10H2,1H3. The van der Waals surface area contributed by atoms with Crippen molar-refractivity contribution < 1.29 is 23.1 Å². The number of carbonyl (C=O) groups excluding carboxylic acids is 1. The van der Waals surface area contributed by atoms with Gasteiger partial charge in [0.05, 0.1) is 35.7 Å². The molecule has 0 aliphatic carbocycles. The van der Waals surface area contributed by atoms with E-state index in [-0.39, 0.29) is 50.9 Å². The Morgan fingerprint density at radius 3 is 2.74 bits per heavy atom. The minimum atomic E-state index is -0.724. The van der Waals surface area contributed by atoms with Gasteiger partial charge in [0.1, 0.15) is 5.75 Å². The highest BCUT2D eigenvalue weighted by Gasteiger charge is 2.19. The van der Waals surface area contributed by atoms with Crippen molar-refractivity contribution in [1.82, 2.24) is 10.2 Å². The van der Waals surface area contributed by atoms with Crippen LogP contribution >= 0.6 is 23.2 Å². The van der Waals surface area contributed by atoms with Gasteiger partial charge in [-0.05, 0) is 42.5 Å². The molecular formula is C24H14Cl2FN3O4. The summed E-state index contributed by atoms with van der Waals surface area (Å²) in [6, 6.07) is 15.7. The van der Waals surface area contributed by atoms with E-state index in [4.69, 9.17) is 42.4 Å². The zero-order chi connectivity index (χ0) is 24.2. The van der Waals surface area contributed by atoms with Gasteiger partial charge in [0.15, 0.2) is 11.6 Å². The molecule has 34 heavy (non-hydrogen) atoms. The van der Waals surface area contributed by atoms with E-state index in [9.17, 15) is 4.79 Å². The number of halogens is 3. The SMILES string of the molecule is COC(=O)c1cccc(-c2nnc(Cc3ccc(Cl)c(Oc4cc(Cl)cc(C#N)c4)c3F)o2)c1. The molecule has 170 valence electrons. The molecule has 0 atom stereocenters. The van der Waals surface area contributed by atoms with Gasteiger partial charge in [-0.2, -0.15) is 5.26 Å². The summed E-state index contributed by atoms with van der Waals surface area (Å²) >= 11 is 12.1. The van der Waals surface area contributed by atoms with Gasteiger partial charge in [-0.1, -0.05) is 35.3 Å². The lowest BCUT2D eigenvalue weighted by molar-refractivity contribution is 0.0601. The Bertz CT molecular complexity index is 1430. The Morgan fingerprint density at radius 2 is 1.97 bits per heavy atom. The van der Waals surface area contributed by atoms with Gasteiger partial charge < -0.3 is 13.9 Å². The van der Waals surface area contributed by atoms with E-state index in [2.05, 4.69) is 10.2 Å². The smallest absolute Gasteiger partial charge is 0.337 e. The van der Waals surface area contributed by atoms with Crippen LogP contribution in [0.1, 0.15) is 27.4 Å². The van der Waals surface area contributed by atoms with Crippen LogP contribution in [-0.4, -0.2) is 23.3 Å². The number of benzene rings is 3. The third-order valence-electron chi connectivity index (χ3n) is 4.69. The average Bonchev–Trinajstić information content (AvgIpc) is 3.31. The first-order valence-corrected chi connectivity index (χ1v) is 10.5. The molecule has 1 aromatic heterocycles. The summed E-state index contributed by atoms with van der Waals surface area (Å²) in [4.78, 5) is 11.7. The Balaban J connectivity index is 1.59. The van der Waals surface area contributed by atoms with Crippen LogP contribution in [0, 0.1) is 17.1 Å². The second-order valence-corrected chi connectivity index (χ2v) is 7.83. The van der Waals surface area contributed by atoms with Crippen LogP contribution in [0.2, 0.25) is 10.0 Å². The van der Waals surface area contributed by atoms with Crippen molar-refractivity contribution in [3.05, 3.63) is 93.0 Å². The van der Waals surface area contributed by atoms with E-state index in [0.29, 0.717) is 11.1 Å². The summed E-state index contributed by atoms with van der Waals surface area (Å²) in [5.41, 5.74) is 1.28. The number of carbonyl (C=O) groups is 1. The summed E-state index contributed by atoms with van der Waals surface area (Å²) in [7, 11) is 1.28. The molecule has 3 aromatic carbocycles. The van der Waals surface area contributed by atoms with E-state index < -0.39 is 11.8 Å². The highest BCUT2D eigenvalue weighted by Crippen LogP contribution is 2.36. The lowest BCUT2D eigenvalue weighted by atomic mass is 10.1. The molecule has 0 amide bonds. The predicted octanol–water partition coefficient (Wildman–Crippen LogP) is 6.22. The predicted molar refractivity (Wildman–Crippen MR) is 122 cm³/mol. The zero-order valence-electron chi connectivity index (χ0n) is 17.5. The first-order valence-electron chi connectivity index (χ1n) is 9.74. The van der Waals surface area contributed by atoms with Crippen molar-refractivity contribution in [3.63, 3.8) is 0 Å². The number of nitrogens with zero attached hydrogens (tertiary/aromatic N) is 3. The van der Waals surface area contributed by atoms with Crippen LogP contribution in [0.3, 0.4) is 0 Å². The van der Waals surface area contributed by atoms with Crippen molar-refractivity contribution in [3.8, 4) is 29.0 Å². The van der Waals surface area contributed by atoms with Crippen molar-refractivity contribution >= 4 is 29.2 Å². The molecule has 1 heterocycles. The molecule has 0 unspecified atom stereocenters. The van der Waals surface area contributed by atoms with Crippen LogP contribution in [0.25, 0.3) is 11.5 Å². The van der Waals surface area contributed by atoms with Crippen molar-refractivity contribution in [1.29, 1.82) is 5.26 Å². The van der Waals surface area contributed by atoms with Crippen LogP contribution < -0.4 is 4.74 Å². The molecule has 0 saturated heterocycles. The Hall–Kier alpha value is -3.93. The summed E-state index contributed by atoms with van der Waals surface area (Å²) in [6.45, 7) is 0. The summed E-state index contributed by atoms with van der Waals surface area (Å²) < 4.78 is 31.2. The molecule has 0 fully saturated rings. The van der Waals surface area contributed by atoms with Gasteiger partial charge in [0.25, 0.3) is 0 Å². The topological polar surface area (TPSA) is 98.2 Å². The second-order valence-electron chi connectivity index (χ2n) is 6.99. The van der Waals surface area contributed by atoms with Crippen molar-refractivity contribution in [2.24, 2.45) is 0 Å². The quantitative estimate of drug-likeness (QED) is 0.291. The highest BCUT2D eigenvalue weighted by molar-refractivity contribution is 6.32. The number of rotatable bonds is 6. The molecule has 4 aromatic rings. The molecule has 0 saturated carbocycles. The van der Waals surface area contributed by atoms with Crippen LogP contribution in [-0.2, 0) is 11.2 Å². The molecule has 0 aliphatic heterocycles. The lowest BCUT2D eigenvalue weighted by Crippen LogP contribution is -2.00. The van der Waals surface area contributed by atoms with Gasteiger partial charge in [-0.3, -0.25) is 0 Å². The number of aromatic nitrogens is 2. The Morgan fingerprint density at radius 1 is 1.15 bits per heavy atom. The van der Waals surface area contributed by atoms with Crippen LogP contribution in [0.15, 0.2) is 59.0 Å². The maximum absolute atomic E-state index is 15.2. The number of hydrogen-bond donors (Lipinski definition) is 0. The van der Waals surface area contributed by atoms with Crippen LogP contribution in [0.4, 0.5) is 4.39 Å². The summed E-state index contributed by atoms with van der Waals surface area (Å²) in [5, 5.41) is 17.3. The Labute approximate surface area is 203 Å². The molecule has 0 spiro atoms. The van der Waals surface area contributed by atoms with E-state index in [1.54, 1.807) is 24.3 Å². The molecule has 0 N–H and O–H groups in total. The highest BCUT2D eigenvalue weighted by atomic mass is 35.5. The fourth-order valence-electron chi connectivity index (χ4n) is 3.11. The largest absolute Gasteiger partial charge is 0.465 e. The number of nitriles is 1. The van der Waals surface area contributed by atoms with E-state index >= 15 is 4.39 Å². The maximum atomic E-state index is 15.2. The molecule has 0 aliphatic rings. The first kappa shape index (κ1) is 23.2. The monoisotopic (exact) mass is 497 g/mol. The molecule has 10 heteroatoms. The van der Waals surface area contributed by atoms with Gasteiger partial charge in [-0.15, -0.1) is 10.2 Å². The number of methoxy groups -OCH3 is 1. The molecular weight excluding hydrogens is 484 g/mol. The van der Waals surface area contributed by atoms with Gasteiger partial charge in [0, 0.05) is 16.1 Å². The average molecular weight is 498 g/mol. The van der Waals surface area contributed by atoms with Crippen molar-refractivity contribution in [2.45, 2.75) is 6.42 Å². The van der Waals surface area contributed by atoms with E-state index in [0.717, 1.165) is 0 Å². The summed E-state index contributed by atoms with van der Waals surface area (Å²) in [6.07, 6.45) is -0.0396. The fourth-order valence-corrected chi connectivity index (χ4v) is 3.52. The van der Waals surface area contributed by atoms with Gasteiger partial charge >= 0.3 is 5.97 Å². The maximum Gasteiger partial charge on any atom is 0.337 e. The molecule has 0 bridgehead atoms. The van der Waals surface area contributed by atoms with Crippen LogP contribution in [0.5, 0.6) is 11.5 Å². The van der Waals surface area contributed by atoms with E-state index in [1.165, 1.54) is 37.4 Å². The number of hydrogen-bond acceptors (Lipinski definition) is 7. The molecule has 4 rings (SSSR count). The number of esters is 1. The molecule has 0 radical (unpaired) electrons. The fraction of sp³-hybridized carbons (Fsp3) is 0.0833. The van der Waals surface area contributed by atoms with Gasteiger partial charge in [-0.25, -0.2) is 9.18 Å². The van der Waals surface area contributed by atoms with Gasteiger partial charge in [0.2, 0.25) is 11.8 Å². The van der Waals surface area contributed by atoms with E-state index in [1.807, 2.05) is 6.07 Å². The minimum Gasteiger partial charge on any atom is -0.465 e. The lowest BCUT2D eigenvalue weighted by Gasteiger charge is -2.11. The number of ether oxygens (including phenoxy) is 2.